The molecule has 4 heteroatoms. The fourth-order valence-corrected chi connectivity index (χ4v) is 2.13. The fraction of sp³-hybridized carbons (Fsp3) is 0.571. The highest BCUT2D eigenvalue weighted by atomic mass is 16.5. The number of aryl methyl sites for hydroxylation is 1. The van der Waals surface area contributed by atoms with Crippen molar-refractivity contribution >= 4 is 5.97 Å². The van der Waals surface area contributed by atoms with Crippen molar-refractivity contribution in [1.82, 2.24) is 4.98 Å². The number of nitrogens with one attached hydrogen (secondary N) is 1. The number of pyridine rings is 1. The van der Waals surface area contributed by atoms with E-state index in [0.29, 0.717) is 12.2 Å². The van der Waals surface area contributed by atoms with Gasteiger partial charge in [-0.05, 0) is 38.2 Å². The van der Waals surface area contributed by atoms with E-state index < -0.39 is 0 Å². The molecule has 0 bridgehead atoms. The number of ether oxygens (including phenoxy) is 1. The van der Waals surface area contributed by atoms with Crippen LogP contribution in [0.25, 0.3) is 0 Å². The number of esters is 1. The largest absolute Gasteiger partial charge is 0.462 e. The van der Waals surface area contributed by atoms with Crippen LogP contribution in [0.3, 0.4) is 0 Å². The van der Waals surface area contributed by atoms with Gasteiger partial charge in [0.1, 0.15) is 0 Å². The van der Waals surface area contributed by atoms with Crippen LogP contribution in [0, 0.1) is 0 Å². The average molecular weight is 251 g/mol. The number of carbonyl (C=O) groups is 1. The topological polar surface area (TPSA) is 59.2 Å². The molecule has 1 aliphatic carbocycles. The Morgan fingerprint density at radius 1 is 1.33 bits per heavy atom. The maximum absolute atomic E-state index is 11.7. The van der Waals surface area contributed by atoms with Crippen LogP contribution in [0.5, 0.6) is 0 Å². The SMILES string of the molecule is CC.CCOC(=O)c1cc(=O)[nH]c2c1CCCC2. The number of hydrogen-bond acceptors (Lipinski definition) is 3. The molecule has 18 heavy (non-hydrogen) atoms. The van der Waals surface area contributed by atoms with Crippen molar-refractivity contribution in [2.24, 2.45) is 0 Å². The monoisotopic (exact) mass is 251 g/mol. The molecular weight excluding hydrogens is 230 g/mol. The van der Waals surface area contributed by atoms with Crippen LogP contribution in [-0.4, -0.2) is 17.6 Å². The number of fused-ring (bicyclic) bond motifs is 1. The van der Waals surface area contributed by atoms with Crippen LogP contribution in [0.1, 0.15) is 55.2 Å². The molecule has 0 saturated heterocycles. The minimum atomic E-state index is -0.383. The molecule has 0 unspecified atom stereocenters. The van der Waals surface area contributed by atoms with Crippen molar-refractivity contribution in [3.63, 3.8) is 0 Å². The van der Waals surface area contributed by atoms with Crippen molar-refractivity contribution < 1.29 is 9.53 Å². The summed E-state index contributed by atoms with van der Waals surface area (Å²) in [4.78, 5) is 25.9. The number of aromatic amines is 1. The lowest BCUT2D eigenvalue weighted by molar-refractivity contribution is 0.0524. The van der Waals surface area contributed by atoms with Gasteiger partial charge in [0.25, 0.3) is 0 Å². The van der Waals surface area contributed by atoms with Gasteiger partial charge in [-0.2, -0.15) is 0 Å². The second kappa shape index (κ2) is 6.99. The minimum Gasteiger partial charge on any atom is -0.462 e. The summed E-state index contributed by atoms with van der Waals surface area (Å²) in [6, 6.07) is 1.35. The van der Waals surface area contributed by atoms with Gasteiger partial charge in [0.15, 0.2) is 0 Å². The lowest BCUT2D eigenvalue weighted by atomic mass is 9.92. The summed E-state index contributed by atoms with van der Waals surface area (Å²) in [5.41, 5.74) is 2.09. The van der Waals surface area contributed by atoms with Gasteiger partial charge in [-0.15, -0.1) is 0 Å². The van der Waals surface area contributed by atoms with Crippen LogP contribution < -0.4 is 5.56 Å². The Kier molecular flexibility index (Phi) is 5.62. The van der Waals surface area contributed by atoms with E-state index in [-0.39, 0.29) is 11.5 Å². The van der Waals surface area contributed by atoms with Crippen molar-refractivity contribution in [2.45, 2.75) is 46.5 Å². The molecule has 1 aliphatic rings. The molecule has 1 aromatic heterocycles. The van der Waals surface area contributed by atoms with Crippen molar-refractivity contribution in [3.8, 4) is 0 Å². The van der Waals surface area contributed by atoms with Crippen molar-refractivity contribution in [3.05, 3.63) is 33.2 Å². The summed E-state index contributed by atoms with van der Waals surface area (Å²) in [6.45, 7) is 6.10. The molecule has 0 spiro atoms. The zero-order valence-corrected chi connectivity index (χ0v) is 11.3. The molecule has 0 atom stereocenters. The van der Waals surface area contributed by atoms with E-state index in [0.717, 1.165) is 36.9 Å². The summed E-state index contributed by atoms with van der Waals surface area (Å²) >= 11 is 0. The Hall–Kier alpha value is -1.58. The van der Waals surface area contributed by atoms with E-state index in [9.17, 15) is 9.59 Å². The molecule has 0 fully saturated rings. The van der Waals surface area contributed by atoms with Gasteiger partial charge in [-0.3, -0.25) is 4.79 Å². The summed E-state index contributed by atoms with van der Waals surface area (Å²) < 4.78 is 4.96. The standard InChI is InChI=1S/C12H15NO3.C2H6/c1-2-16-12(15)9-7-11(14)13-10-6-4-3-5-8(9)10;1-2/h7H,2-6H2,1H3,(H,13,14);1-2H3. The van der Waals surface area contributed by atoms with Gasteiger partial charge in [0.2, 0.25) is 5.56 Å². The molecular formula is C14H21NO3. The molecule has 100 valence electrons. The first kappa shape index (κ1) is 14.5. The van der Waals surface area contributed by atoms with Gasteiger partial charge < -0.3 is 9.72 Å². The van der Waals surface area contributed by atoms with Gasteiger partial charge in [-0.25, -0.2) is 4.79 Å². The normalized spacial score (nSPS) is 13.1. The third-order valence-corrected chi connectivity index (χ3v) is 2.84. The van der Waals surface area contributed by atoms with Crippen LogP contribution >= 0.6 is 0 Å². The zero-order valence-electron chi connectivity index (χ0n) is 11.3. The Morgan fingerprint density at radius 3 is 2.67 bits per heavy atom. The predicted molar refractivity (Wildman–Crippen MR) is 71.0 cm³/mol. The van der Waals surface area contributed by atoms with Crippen LogP contribution in [0.4, 0.5) is 0 Å². The Bertz CT molecular complexity index is 463. The summed E-state index contributed by atoms with van der Waals surface area (Å²) in [5, 5.41) is 0. The zero-order chi connectivity index (χ0) is 13.5. The third kappa shape index (κ3) is 3.22. The molecule has 4 nitrogen and oxygen atoms in total. The van der Waals surface area contributed by atoms with Crippen molar-refractivity contribution in [1.29, 1.82) is 0 Å². The molecule has 0 radical (unpaired) electrons. The maximum atomic E-state index is 11.7. The van der Waals surface area contributed by atoms with E-state index in [1.54, 1.807) is 6.92 Å². The molecule has 0 amide bonds. The second-order valence-electron chi connectivity index (χ2n) is 3.93. The fourth-order valence-electron chi connectivity index (χ4n) is 2.13. The molecule has 0 saturated carbocycles. The third-order valence-electron chi connectivity index (χ3n) is 2.84. The van der Waals surface area contributed by atoms with Crippen molar-refractivity contribution in [2.75, 3.05) is 6.61 Å². The predicted octanol–water partition coefficient (Wildman–Crippen LogP) is 2.46. The van der Waals surface area contributed by atoms with Gasteiger partial charge in [-0.1, -0.05) is 13.8 Å². The molecule has 2 rings (SSSR count). The first-order chi connectivity index (χ1) is 8.72. The molecule has 1 heterocycles. The lowest BCUT2D eigenvalue weighted by Crippen LogP contribution is -2.20. The minimum absolute atomic E-state index is 0.219. The molecule has 0 aromatic carbocycles. The smallest absolute Gasteiger partial charge is 0.338 e. The van der Waals surface area contributed by atoms with E-state index in [1.807, 2.05) is 13.8 Å². The first-order valence-corrected chi connectivity index (χ1v) is 6.64. The number of aromatic nitrogens is 1. The lowest BCUT2D eigenvalue weighted by Gasteiger charge is -2.17. The van der Waals surface area contributed by atoms with Gasteiger partial charge in [0.05, 0.1) is 12.2 Å². The summed E-state index contributed by atoms with van der Waals surface area (Å²) in [5.74, 6) is -0.383. The van der Waals surface area contributed by atoms with E-state index in [1.165, 1.54) is 6.07 Å². The Morgan fingerprint density at radius 2 is 2.00 bits per heavy atom. The molecule has 0 aliphatic heterocycles. The highest BCUT2D eigenvalue weighted by Gasteiger charge is 2.19. The summed E-state index contributed by atoms with van der Waals surface area (Å²) in [7, 11) is 0. The van der Waals surface area contributed by atoms with Crippen LogP contribution in [0.2, 0.25) is 0 Å². The van der Waals surface area contributed by atoms with Gasteiger partial charge in [0, 0.05) is 11.8 Å². The van der Waals surface area contributed by atoms with Gasteiger partial charge >= 0.3 is 5.97 Å². The number of rotatable bonds is 2. The highest BCUT2D eigenvalue weighted by Crippen LogP contribution is 2.21. The number of carbonyl (C=O) groups excluding carboxylic acids is 1. The molecule has 1 aromatic rings. The maximum Gasteiger partial charge on any atom is 0.338 e. The second-order valence-corrected chi connectivity index (χ2v) is 3.93. The Labute approximate surface area is 107 Å². The average Bonchev–Trinajstić information content (AvgIpc) is 2.40. The highest BCUT2D eigenvalue weighted by molar-refractivity contribution is 5.91. The quantitative estimate of drug-likeness (QED) is 0.821. The van der Waals surface area contributed by atoms with Crippen LogP contribution in [-0.2, 0) is 17.6 Å². The van der Waals surface area contributed by atoms with E-state index >= 15 is 0 Å². The first-order valence-electron chi connectivity index (χ1n) is 6.64. The summed E-state index contributed by atoms with van der Waals surface area (Å²) in [6.07, 6.45) is 3.82. The Balaban J connectivity index is 0.000000771. The number of hydrogen-bond donors (Lipinski definition) is 1. The molecule has 1 N–H and O–H groups in total. The number of H-pyrrole nitrogens is 1. The van der Waals surface area contributed by atoms with Crippen LogP contribution in [0.15, 0.2) is 10.9 Å². The van der Waals surface area contributed by atoms with E-state index in [4.69, 9.17) is 4.74 Å². The van der Waals surface area contributed by atoms with E-state index in [2.05, 4.69) is 4.98 Å².